The van der Waals surface area contributed by atoms with Crippen molar-refractivity contribution < 1.29 is 9.53 Å². The predicted molar refractivity (Wildman–Crippen MR) is 74.4 cm³/mol. The van der Waals surface area contributed by atoms with E-state index in [-0.39, 0.29) is 6.09 Å². The first-order chi connectivity index (χ1) is 8.17. The Labute approximate surface area is 112 Å². The number of carbonyl (C=O) groups is 1. The molecule has 0 fully saturated rings. The van der Waals surface area contributed by atoms with Crippen LogP contribution in [0.25, 0.3) is 0 Å². The molecule has 1 aromatic carbocycles. The first kappa shape index (κ1) is 16.0. The van der Waals surface area contributed by atoms with Gasteiger partial charge in [0, 0.05) is 17.6 Å². The molecule has 17 heavy (non-hydrogen) atoms. The molecule has 0 saturated heterocycles. The fraction of sp³-hybridized carbons (Fsp3) is 0.462. The lowest BCUT2D eigenvalue weighted by atomic mass is 10.3. The second kappa shape index (κ2) is 9.05. The summed E-state index contributed by atoms with van der Waals surface area (Å²) in [5.74, 6) is 0.557. The smallest absolute Gasteiger partial charge is 0.410 e. The number of rotatable bonds is 3. The standard InChI is InChI=1S/C11H14BrNO2.C2H6/c1-3-13(4-2)11(14)15-10-7-5-6-9(12)8-10;1-2/h5-8H,3-4H2,1-2H3;1-2H3. The highest BCUT2D eigenvalue weighted by Crippen LogP contribution is 2.18. The Morgan fingerprint density at radius 3 is 2.35 bits per heavy atom. The first-order valence-electron chi connectivity index (χ1n) is 5.89. The van der Waals surface area contributed by atoms with E-state index >= 15 is 0 Å². The van der Waals surface area contributed by atoms with E-state index < -0.39 is 0 Å². The third-order valence-corrected chi connectivity index (χ3v) is 2.52. The summed E-state index contributed by atoms with van der Waals surface area (Å²) in [7, 11) is 0. The van der Waals surface area contributed by atoms with E-state index in [2.05, 4.69) is 15.9 Å². The minimum absolute atomic E-state index is 0.307. The molecular formula is C13H20BrNO2. The number of halogens is 1. The highest BCUT2D eigenvalue weighted by Gasteiger charge is 2.11. The number of ether oxygens (including phenoxy) is 1. The topological polar surface area (TPSA) is 29.5 Å². The third-order valence-electron chi connectivity index (χ3n) is 2.02. The predicted octanol–water partition coefficient (Wildman–Crippen LogP) is 4.32. The van der Waals surface area contributed by atoms with Gasteiger partial charge in [0.25, 0.3) is 0 Å². The molecule has 0 aliphatic heterocycles. The molecule has 0 aromatic heterocycles. The Balaban J connectivity index is 0.00000121. The van der Waals surface area contributed by atoms with Gasteiger partial charge in [-0.3, -0.25) is 0 Å². The summed E-state index contributed by atoms with van der Waals surface area (Å²) in [5.41, 5.74) is 0. The number of benzene rings is 1. The average molecular weight is 302 g/mol. The van der Waals surface area contributed by atoms with Crippen molar-refractivity contribution in [3.05, 3.63) is 28.7 Å². The Hall–Kier alpha value is -1.03. The van der Waals surface area contributed by atoms with Gasteiger partial charge in [-0.25, -0.2) is 4.79 Å². The lowest BCUT2D eigenvalue weighted by Crippen LogP contribution is -2.33. The zero-order chi connectivity index (χ0) is 13.3. The number of carbonyl (C=O) groups excluding carboxylic acids is 1. The lowest BCUT2D eigenvalue weighted by Gasteiger charge is -2.17. The van der Waals surface area contributed by atoms with Crippen LogP contribution in [0.2, 0.25) is 0 Å². The largest absolute Gasteiger partial charge is 0.415 e. The molecule has 4 heteroatoms. The van der Waals surface area contributed by atoms with Gasteiger partial charge in [-0.05, 0) is 32.0 Å². The molecule has 1 rings (SSSR count). The summed E-state index contributed by atoms with van der Waals surface area (Å²) < 4.78 is 6.09. The molecule has 0 unspecified atom stereocenters. The monoisotopic (exact) mass is 301 g/mol. The van der Waals surface area contributed by atoms with Crippen molar-refractivity contribution in [1.29, 1.82) is 0 Å². The van der Waals surface area contributed by atoms with Crippen LogP contribution in [-0.4, -0.2) is 24.1 Å². The summed E-state index contributed by atoms with van der Waals surface area (Å²) >= 11 is 3.32. The SMILES string of the molecule is CC.CCN(CC)C(=O)Oc1cccc(Br)c1. The first-order valence-corrected chi connectivity index (χ1v) is 6.69. The summed E-state index contributed by atoms with van der Waals surface area (Å²) in [6.07, 6.45) is -0.307. The molecule has 1 aromatic rings. The fourth-order valence-corrected chi connectivity index (χ4v) is 1.56. The Morgan fingerprint density at radius 1 is 1.29 bits per heavy atom. The average Bonchev–Trinajstić information content (AvgIpc) is 2.33. The normalized spacial score (nSPS) is 9.00. The van der Waals surface area contributed by atoms with E-state index in [1.54, 1.807) is 17.0 Å². The van der Waals surface area contributed by atoms with Crippen LogP contribution < -0.4 is 4.74 Å². The van der Waals surface area contributed by atoms with E-state index in [0.717, 1.165) is 4.47 Å². The molecular weight excluding hydrogens is 282 g/mol. The van der Waals surface area contributed by atoms with Crippen molar-refractivity contribution in [2.45, 2.75) is 27.7 Å². The molecule has 0 spiro atoms. The van der Waals surface area contributed by atoms with Crippen LogP contribution in [0.3, 0.4) is 0 Å². The number of amides is 1. The van der Waals surface area contributed by atoms with Gasteiger partial charge in [-0.2, -0.15) is 0 Å². The van der Waals surface area contributed by atoms with Gasteiger partial charge in [0.2, 0.25) is 0 Å². The van der Waals surface area contributed by atoms with E-state index in [0.29, 0.717) is 18.8 Å². The lowest BCUT2D eigenvalue weighted by molar-refractivity contribution is 0.157. The summed E-state index contributed by atoms with van der Waals surface area (Å²) in [6.45, 7) is 9.16. The Morgan fingerprint density at radius 2 is 1.88 bits per heavy atom. The highest BCUT2D eigenvalue weighted by molar-refractivity contribution is 9.10. The van der Waals surface area contributed by atoms with Crippen molar-refractivity contribution in [3.8, 4) is 5.75 Å². The molecule has 0 aliphatic rings. The van der Waals surface area contributed by atoms with Crippen LogP contribution in [-0.2, 0) is 0 Å². The van der Waals surface area contributed by atoms with E-state index in [1.807, 2.05) is 39.8 Å². The van der Waals surface area contributed by atoms with E-state index in [9.17, 15) is 4.79 Å². The van der Waals surface area contributed by atoms with Gasteiger partial charge >= 0.3 is 6.09 Å². The van der Waals surface area contributed by atoms with E-state index in [1.165, 1.54) is 0 Å². The third kappa shape index (κ3) is 5.73. The summed E-state index contributed by atoms with van der Waals surface area (Å²) in [4.78, 5) is 13.2. The van der Waals surface area contributed by atoms with Crippen molar-refractivity contribution >= 4 is 22.0 Å². The van der Waals surface area contributed by atoms with Crippen LogP contribution in [0.5, 0.6) is 5.75 Å². The van der Waals surface area contributed by atoms with Crippen LogP contribution in [0.4, 0.5) is 4.79 Å². The van der Waals surface area contributed by atoms with Gasteiger partial charge in [0.05, 0.1) is 0 Å². The van der Waals surface area contributed by atoms with Gasteiger partial charge in [-0.1, -0.05) is 35.8 Å². The maximum Gasteiger partial charge on any atom is 0.415 e. The molecule has 0 radical (unpaired) electrons. The zero-order valence-electron chi connectivity index (χ0n) is 10.9. The van der Waals surface area contributed by atoms with Crippen molar-refractivity contribution in [3.63, 3.8) is 0 Å². The second-order valence-corrected chi connectivity index (χ2v) is 3.91. The quantitative estimate of drug-likeness (QED) is 0.832. The molecule has 0 saturated carbocycles. The van der Waals surface area contributed by atoms with Crippen molar-refractivity contribution in [1.82, 2.24) is 4.90 Å². The zero-order valence-corrected chi connectivity index (χ0v) is 12.5. The number of hydrogen-bond acceptors (Lipinski definition) is 2. The summed E-state index contributed by atoms with van der Waals surface area (Å²) in [5, 5.41) is 0. The molecule has 0 bridgehead atoms. The fourth-order valence-electron chi connectivity index (χ4n) is 1.18. The van der Waals surface area contributed by atoms with Crippen molar-refractivity contribution in [2.75, 3.05) is 13.1 Å². The van der Waals surface area contributed by atoms with Crippen LogP contribution in [0.15, 0.2) is 28.7 Å². The molecule has 1 amide bonds. The highest BCUT2D eigenvalue weighted by atomic mass is 79.9. The van der Waals surface area contributed by atoms with Crippen LogP contribution >= 0.6 is 15.9 Å². The second-order valence-electron chi connectivity index (χ2n) is 3.00. The Kier molecular flexibility index (Phi) is 8.50. The minimum Gasteiger partial charge on any atom is -0.410 e. The van der Waals surface area contributed by atoms with Gasteiger partial charge in [0.1, 0.15) is 5.75 Å². The molecule has 0 atom stereocenters. The van der Waals surface area contributed by atoms with Gasteiger partial charge in [-0.15, -0.1) is 0 Å². The molecule has 96 valence electrons. The van der Waals surface area contributed by atoms with Crippen LogP contribution in [0.1, 0.15) is 27.7 Å². The molecule has 3 nitrogen and oxygen atoms in total. The number of hydrogen-bond donors (Lipinski definition) is 0. The Bertz CT molecular complexity index is 338. The summed E-state index contributed by atoms with van der Waals surface area (Å²) in [6, 6.07) is 7.23. The molecule has 0 aliphatic carbocycles. The van der Waals surface area contributed by atoms with E-state index in [4.69, 9.17) is 4.74 Å². The molecule has 0 heterocycles. The van der Waals surface area contributed by atoms with Crippen LogP contribution in [0, 0.1) is 0 Å². The maximum atomic E-state index is 11.6. The van der Waals surface area contributed by atoms with Crippen molar-refractivity contribution in [2.24, 2.45) is 0 Å². The van der Waals surface area contributed by atoms with Gasteiger partial charge in [0.15, 0.2) is 0 Å². The number of nitrogens with zero attached hydrogens (tertiary/aromatic N) is 1. The maximum absolute atomic E-state index is 11.6. The molecule has 0 N–H and O–H groups in total. The minimum atomic E-state index is -0.307. The van der Waals surface area contributed by atoms with Gasteiger partial charge < -0.3 is 9.64 Å².